The number of hydrogen-bond donors (Lipinski definition) is 1. The van der Waals surface area contributed by atoms with Gasteiger partial charge in [-0.15, -0.1) is 0 Å². The first-order valence-electron chi connectivity index (χ1n) is 2.92. The summed E-state index contributed by atoms with van der Waals surface area (Å²) < 4.78 is 0. The fraction of sp³-hybridized carbons (Fsp3) is 0. The van der Waals surface area contributed by atoms with E-state index in [0.717, 1.165) is 0 Å². The molecule has 0 radical (unpaired) electrons. The number of anilines is 1. The molecule has 58 valence electrons. The normalized spacial score (nSPS) is 9.18. The van der Waals surface area contributed by atoms with Crippen LogP contribution in [0.2, 0.25) is 5.02 Å². The quantitative estimate of drug-likeness (QED) is 0.686. The van der Waals surface area contributed by atoms with Crippen molar-refractivity contribution in [3.8, 4) is 0 Å². The van der Waals surface area contributed by atoms with E-state index in [1.807, 2.05) is 0 Å². The van der Waals surface area contributed by atoms with Crippen molar-refractivity contribution in [1.29, 1.82) is 0 Å². The number of halogens is 1. The summed E-state index contributed by atoms with van der Waals surface area (Å²) in [7, 11) is 0. The first kappa shape index (κ1) is 7.88. The van der Waals surface area contributed by atoms with Crippen LogP contribution < -0.4 is 10.4 Å². The zero-order chi connectivity index (χ0) is 8.27. The minimum atomic E-state index is -1.34. The number of hydrogen-bond acceptors (Lipinski definition) is 2. The Hall–Kier alpha value is -1.22. The summed E-state index contributed by atoms with van der Waals surface area (Å²) in [4.78, 5) is 10.0. The van der Waals surface area contributed by atoms with Gasteiger partial charge in [-0.3, -0.25) is 0 Å². The molecule has 0 atom stereocenters. The third-order valence-electron chi connectivity index (χ3n) is 1.07. The molecule has 1 amide bonds. The van der Waals surface area contributed by atoms with Crippen LogP contribution in [0.25, 0.3) is 0 Å². The van der Waals surface area contributed by atoms with Gasteiger partial charge in [0.15, 0.2) is 0 Å². The molecule has 0 aliphatic heterocycles. The highest BCUT2D eigenvalue weighted by Gasteiger charge is 1.91. The minimum absolute atomic E-state index is 0.414. The van der Waals surface area contributed by atoms with Crippen molar-refractivity contribution in [2.45, 2.75) is 0 Å². The van der Waals surface area contributed by atoms with Crippen LogP contribution in [0.1, 0.15) is 0 Å². The van der Waals surface area contributed by atoms with E-state index < -0.39 is 6.09 Å². The maximum Gasteiger partial charge on any atom is 0.138 e. The van der Waals surface area contributed by atoms with E-state index in [1.165, 1.54) is 6.07 Å². The molecule has 3 nitrogen and oxygen atoms in total. The predicted octanol–water partition coefficient (Wildman–Crippen LogP) is 1.10. The van der Waals surface area contributed by atoms with Gasteiger partial charge in [-0.1, -0.05) is 17.7 Å². The monoisotopic (exact) mass is 170 g/mol. The smallest absolute Gasteiger partial charge is 0.138 e. The number of rotatable bonds is 1. The van der Waals surface area contributed by atoms with E-state index in [2.05, 4.69) is 5.32 Å². The Morgan fingerprint density at radius 1 is 1.55 bits per heavy atom. The number of nitrogens with one attached hydrogen (secondary N) is 1. The molecule has 0 fully saturated rings. The molecule has 0 unspecified atom stereocenters. The summed E-state index contributed by atoms with van der Waals surface area (Å²) in [6.07, 6.45) is -1.34. The topological polar surface area (TPSA) is 52.2 Å². The standard InChI is InChI=1S/C7H6ClNO2/c8-5-2-1-3-6(4-5)9-7(10)11/h1-4,9H,(H,10,11)/p-1. The van der Waals surface area contributed by atoms with Crippen LogP contribution in [0.5, 0.6) is 0 Å². The molecule has 1 aromatic carbocycles. The van der Waals surface area contributed by atoms with Gasteiger partial charge in [-0.25, -0.2) is 0 Å². The molecule has 0 aliphatic rings. The molecule has 0 aromatic heterocycles. The van der Waals surface area contributed by atoms with Crippen molar-refractivity contribution in [1.82, 2.24) is 0 Å². The summed E-state index contributed by atoms with van der Waals surface area (Å²) in [6.45, 7) is 0. The Morgan fingerprint density at radius 2 is 2.27 bits per heavy atom. The van der Waals surface area contributed by atoms with Crippen LogP contribution in [0.4, 0.5) is 10.5 Å². The van der Waals surface area contributed by atoms with Crippen LogP contribution in [0.15, 0.2) is 24.3 Å². The Bertz CT molecular complexity index is 275. The molecular formula is C7H5ClNO2-. The highest BCUT2D eigenvalue weighted by atomic mass is 35.5. The molecule has 0 bridgehead atoms. The van der Waals surface area contributed by atoms with Crippen LogP contribution in [0, 0.1) is 0 Å². The third-order valence-corrected chi connectivity index (χ3v) is 1.31. The lowest BCUT2D eigenvalue weighted by molar-refractivity contribution is -0.242. The van der Waals surface area contributed by atoms with Gasteiger partial charge in [0.25, 0.3) is 0 Å². The molecule has 0 saturated heterocycles. The summed E-state index contributed by atoms with van der Waals surface area (Å²) in [5, 5.41) is 12.6. The fourth-order valence-electron chi connectivity index (χ4n) is 0.684. The number of amides is 1. The van der Waals surface area contributed by atoms with E-state index >= 15 is 0 Å². The molecule has 1 N–H and O–H groups in total. The minimum Gasteiger partial charge on any atom is -0.530 e. The van der Waals surface area contributed by atoms with Crippen LogP contribution in [-0.4, -0.2) is 6.09 Å². The number of carbonyl (C=O) groups excluding carboxylic acids is 1. The van der Waals surface area contributed by atoms with Crippen LogP contribution >= 0.6 is 11.6 Å². The van der Waals surface area contributed by atoms with Gasteiger partial charge in [-0.2, -0.15) is 0 Å². The Kier molecular flexibility index (Phi) is 2.33. The van der Waals surface area contributed by atoms with E-state index in [1.54, 1.807) is 18.2 Å². The Labute approximate surface area is 68.6 Å². The molecular weight excluding hydrogens is 166 g/mol. The zero-order valence-electron chi connectivity index (χ0n) is 5.50. The number of carboxylic acid groups (broad SMARTS) is 1. The average Bonchev–Trinajstić information content (AvgIpc) is 1.85. The first-order valence-corrected chi connectivity index (χ1v) is 3.30. The van der Waals surface area contributed by atoms with E-state index in [9.17, 15) is 9.90 Å². The summed E-state index contributed by atoms with van der Waals surface area (Å²) in [5.74, 6) is 0. The maximum absolute atomic E-state index is 10.0. The molecule has 0 heterocycles. The van der Waals surface area contributed by atoms with E-state index in [4.69, 9.17) is 11.6 Å². The van der Waals surface area contributed by atoms with Crippen molar-refractivity contribution < 1.29 is 9.90 Å². The lowest BCUT2D eigenvalue weighted by Crippen LogP contribution is -2.28. The van der Waals surface area contributed by atoms with Gasteiger partial charge < -0.3 is 15.2 Å². The van der Waals surface area contributed by atoms with Gasteiger partial charge in [0.1, 0.15) is 6.09 Å². The summed E-state index contributed by atoms with van der Waals surface area (Å²) >= 11 is 5.57. The predicted molar refractivity (Wildman–Crippen MR) is 40.5 cm³/mol. The molecule has 1 rings (SSSR count). The van der Waals surface area contributed by atoms with Crippen molar-refractivity contribution >= 4 is 23.4 Å². The van der Waals surface area contributed by atoms with Crippen molar-refractivity contribution in [2.24, 2.45) is 0 Å². The maximum atomic E-state index is 10.0. The second-order valence-corrected chi connectivity index (χ2v) is 2.36. The second-order valence-electron chi connectivity index (χ2n) is 1.92. The van der Waals surface area contributed by atoms with Crippen LogP contribution in [-0.2, 0) is 0 Å². The molecule has 4 heteroatoms. The highest BCUT2D eigenvalue weighted by molar-refractivity contribution is 6.30. The molecule has 0 aliphatic carbocycles. The van der Waals surface area contributed by atoms with Crippen molar-refractivity contribution in [2.75, 3.05) is 5.32 Å². The van der Waals surface area contributed by atoms with E-state index in [0.29, 0.717) is 10.7 Å². The highest BCUT2D eigenvalue weighted by Crippen LogP contribution is 2.14. The van der Waals surface area contributed by atoms with E-state index in [-0.39, 0.29) is 0 Å². The van der Waals surface area contributed by atoms with Gasteiger partial charge >= 0.3 is 0 Å². The van der Waals surface area contributed by atoms with Gasteiger partial charge in [0.2, 0.25) is 0 Å². The Morgan fingerprint density at radius 3 is 2.82 bits per heavy atom. The molecule has 0 saturated carbocycles. The number of benzene rings is 1. The summed E-state index contributed by atoms with van der Waals surface area (Å²) in [5.41, 5.74) is 0.414. The van der Waals surface area contributed by atoms with Gasteiger partial charge in [0.05, 0.1) is 0 Å². The fourth-order valence-corrected chi connectivity index (χ4v) is 0.874. The lowest BCUT2D eigenvalue weighted by Gasteiger charge is -2.05. The third kappa shape index (κ3) is 2.47. The van der Waals surface area contributed by atoms with Crippen LogP contribution in [0.3, 0.4) is 0 Å². The van der Waals surface area contributed by atoms with Crippen molar-refractivity contribution in [3.63, 3.8) is 0 Å². The molecule has 11 heavy (non-hydrogen) atoms. The Balaban J connectivity index is 2.79. The number of carbonyl (C=O) groups is 1. The molecule has 1 aromatic rings. The molecule has 0 spiro atoms. The summed E-state index contributed by atoms with van der Waals surface area (Å²) in [6, 6.07) is 6.38. The van der Waals surface area contributed by atoms with Gasteiger partial charge in [-0.05, 0) is 18.2 Å². The zero-order valence-corrected chi connectivity index (χ0v) is 6.26. The average molecular weight is 171 g/mol. The SMILES string of the molecule is O=C([O-])Nc1cccc(Cl)c1. The van der Waals surface area contributed by atoms with Gasteiger partial charge in [0, 0.05) is 10.7 Å². The van der Waals surface area contributed by atoms with Crippen molar-refractivity contribution in [3.05, 3.63) is 29.3 Å². The first-order chi connectivity index (χ1) is 5.18. The second kappa shape index (κ2) is 3.25. The lowest BCUT2D eigenvalue weighted by atomic mass is 10.3. The largest absolute Gasteiger partial charge is 0.530 e.